The van der Waals surface area contributed by atoms with Crippen LogP contribution in [0.1, 0.15) is 89.8 Å². The third-order valence-corrected chi connectivity index (χ3v) is 19.4. The van der Waals surface area contributed by atoms with Crippen molar-refractivity contribution in [3.63, 3.8) is 0 Å². The van der Waals surface area contributed by atoms with Crippen molar-refractivity contribution in [2.75, 3.05) is 34.0 Å². The highest BCUT2D eigenvalue weighted by Gasteiger charge is 2.54. The van der Waals surface area contributed by atoms with Crippen LogP contribution in [0.15, 0.2) is 91.4 Å². The Balaban J connectivity index is 1.43. The van der Waals surface area contributed by atoms with Crippen molar-refractivity contribution in [3.05, 3.63) is 114 Å². The highest BCUT2D eigenvalue weighted by atomic mass is 31.2. The van der Waals surface area contributed by atoms with Crippen molar-refractivity contribution in [2.24, 2.45) is 0 Å². The standard InChI is InChI=1S/C50H66N5O8PSi/c1-34(2)55(35(3)4)64(60-30-16-28-51)62-44-42(32-59-50(37-18-13-12-14-19-37,38-20-24-40(56-8)25-21-38)39-22-26-41(57-9)27-23-39)61-48(45(44)63-65(10,11)49(5,6)7)54-31-36-17-15-29-58-47-43(36)46(54)52-33-53-47/h12-14,18-27,31,33-35,42,44-45,48H,15-17,29-30,32H2,1-11H3/t42-,44-,45-,48-,64?/m1/s1. The number of methoxy groups -OCH3 is 2. The lowest BCUT2D eigenvalue weighted by Gasteiger charge is -2.42. The molecule has 2 aliphatic rings. The molecule has 1 unspecified atom stereocenters. The van der Waals surface area contributed by atoms with Gasteiger partial charge in [-0.15, -0.1) is 0 Å². The fourth-order valence-electron chi connectivity index (χ4n) is 8.57. The Morgan fingerprint density at radius 3 is 2.06 bits per heavy atom. The van der Waals surface area contributed by atoms with Crippen molar-refractivity contribution >= 4 is 27.9 Å². The van der Waals surface area contributed by atoms with Crippen molar-refractivity contribution < 1.29 is 37.2 Å². The lowest BCUT2D eigenvalue weighted by Crippen LogP contribution is -2.50. The van der Waals surface area contributed by atoms with Gasteiger partial charge in [-0.25, -0.2) is 14.6 Å². The Morgan fingerprint density at radius 1 is 0.877 bits per heavy atom. The number of benzene rings is 3. The Hall–Kier alpha value is -4.42. The van der Waals surface area contributed by atoms with E-state index in [1.807, 2.05) is 66.7 Å². The van der Waals surface area contributed by atoms with E-state index >= 15 is 0 Å². The second kappa shape index (κ2) is 20.6. The topological polar surface area (TPSA) is 132 Å². The predicted molar refractivity (Wildman–Crippen MR) is 256 cm³/mol. The van der Waals surface area contributed by atoms with Crippen molar-refractivity contribution in [3.8, 4) is 23.4 Å². The predicted octanol–water partition coefficient (Wildman–Crippen LogP) is 10.7. The van der Waals surface area contributed by atoms with Crippen LogP contribution in [0.2, 0.25) is 18.1 Å². The van der Waals surface area contributed by atoms with Gasteiger partial charge in [0.1, 0.15) is 47.4 Å². The quantitative estimate of drug-likeness (QED) is 0.0338. The van der Waals surface area contributed by atoms with Gasteiger partial charge in [-0.05, 0) is 105 Å². The zero-order valence-electron chi connectivity index (χ0n) is 39.8. The second-order valence-electron chi connectivity index (χ2n) is 18.7. The minimum absolute atomic E-state index is 0.0586. The molecule has 1 fully saturated rings. The molecule has 4 heterocycles. The number of hydrogen-bond acceptors (Lipinski definition) is 12. The Morgan fingerprint density at radius 2 is 1.49 bits per heavy atom. The Labute approximate surface area is 387 Å². The number of hydrogen-bond donors (Lipinski definition) is 0. The van der Waals surface area contributed by atoms with E-state index in [1.165, 1.54) is 0 Å². The molecule has 2 aliphatic heterocycles. The Kier molecular flexibility index (Phi) is 15.4. The molecule has 0 amide bonds. The number of nitriles is 1. The van der Waals surface area contributed by atoms with Gasteiger partial charge in [0, 0.05) is 18.3 Å². The van der Waals surface area contributed by atoms with Gasteiger partial charge in [-0.2, -0.15) is 5.26 Å². The summed E-state index contributed by atoms with van der Waals surface area (Å²) in [4.78, 5) is 9.43. The molecule has 15 heteroatoms. The fourth-order valence-corrected chi connectivity index (χ4v) is 11.6. The molecule has 0 saturated carbocycles. The SMILES string of the molecule is COc1ccc(C(OC[C@H]2O[C@@H](n3cc4c5c(ncnc53)OCCC4)[C@H](O[Si](C)(C)C(C)(C)C)[C@@H]2OP(OCCC#N)N(C(C)C)C(C)C)(c2ccccc2)c2ccc(OC)cc2)cc1. The Bertz CT molecular complexity index is 2310. The zero-order chi connectivity index (χ0) is 46.5. The third-order valence-electron chi connectivity index (χ3n) is 12.8. The van der Waals surface area contributed by atoms with Gasteiger partial charge in [-0.3, -0.25) is 0 Å². The fraction of sp³-hybridized carbons (Fsp3) is 0.500. The summed E-state index contributed by atoms with van der Waals surface area (Å²) in [5.41, 5.74) is 3.36. The molecule has 5 aromatic rings. The van der Waals surface area contributed by atoms with E-state index in [-0.39, 0.29) is 36.8 Å². The summed E-state index contributed by atoms with van der Waals surface area (Å²) in [6.07, 6.45) is 2.80. The molecule has 1 saturated heterocycles. The van der Waals surface area contributed by atoms with E-state index in [2.05, 4.69) is 100 Å². The molecule has 3 aromatic carbocycles. The first-order valence-corrected chi connectivity index (χ1v) is 26.7. The smallest absolute Gasteiger partial charge is 0.259 e. The summed E-state index contributed by atoms with van der Waals surface area (Å²) in [7, 11) is -0.988. The highest BCUT2D eigenvalue weighted by Crippen LogP contribution is 2.53. The number of nitrogens with zero attached hydrogens (tertiary/aromatic N) is 5. The first-order chi connectivity index (χ1) is 31.1. The van der Waals surface area contributed by atoms with Crippen molar-refractivity contribution in [2.45, 2.75) is 128 Å². The summed E-state index contributed by atoms with van der Waals surface area (Å²) in [6.45, 7) is 20.6. The van der Waals surface area contributed by atoms with Crippen LogP contribution < -0.4 is 14.2 Å². The molecular weight excluding hydrogens is 858 g/mol. The minimum Gasteiger partial charge on any atom is -0.497 e. The maximum absolute atomic E-state index is 9.64. The first-order valence-electron chi connectivity index (χ1n) is 22.7. The maximum atomic E-state index is 9.64. The summed E-state index contributed by atoms with van der Waals surface area (Å²) in [5.74, 6) is 2.03. The van der Waals surface area contributed by atoms with Gasteiger partial charge in [0.25, 0.3) is 8.53 Å². The van der Waals surface area contributed by atoms with Gasteiger partial charge >= 0.3 is 0 Å². The summed E-state index contributed by atoms with van der Waals surface area (Å²) < 4.78 is 58.5. The molecule has 13 nitrogen and oxygen atoms in total. The zero-order valence-corrected chi connectivity index (χ0v) is 41.7. The molecular formula is C50H66N5O8PSi. The molecule has 2 aromatic heterocycles. The lowest BCUT2D eigenvalue weighted by molar-refractivity contribution is -0.0925. The van der Waals surface area contributed by atoms with Gasteiger partial charge in [0.15, 0.2) is 14.5 Å². The molecule has 0 N–H and O–H groups in total. The minimum atomic E-state index is -2.57. The molecule has 65 heavy (non-hydrogen) atoms. The van der Waals surface area contributed by atoms with Gasteiger partial charge in [0.05, 0.1) is 51.9 Å². The normalized spacial score (nSPS) is 19.6. The molecule has 0 aliphatic carbocycles. The maximum Gasteiger partial charge on any atom is 0.259 e. The van der Waals surface area contributed by atoms with Crippen LogP contribution in [0.25, 0.3) is 11.0 Å². The van der Waals surface area contributed by atoms with Gasteiger partial charge < -0.3 is 41.7 Å². The molecule has 0 bridgehead atoms. The van der Waals surface area contributed by atoms with Crippen LogP contribution in [0.5, 0.6) is 17.4 Å². The average molecular weight is 924 g/mol. The van der Waals surface area contributed by atoms with Crippen LogP contribution >= 0.6 is 8.53 Å². The number of ether oxygens (including phenoxy) is 5. The van der Waals surface area contributed by atoms with E-state index in [0.29, 0.717) is 18.1 Å². The number of rotatable bonds is 19. The van der Waals surface area contributed by atoms with E-state index in [9.17, 15) is 5.26 Å². The summed E-state index contributed by atoms with van der Waals surface area (Å²) in [5, 5.41) is 10.4. The summed E-state index contributed by atoms with van der Waals surface area (Å²) >= 11 is 0. The average Bonchev–Trinajstić information content (AvgIpc) is 3.73. The summed E-state index contributed by atoms with van der Waals surface area (Å²) in [6, 6.07) is 28.6. The van der Waals surface area contributed by atoms with Gasteiger partial charge in [0.2, 0.25) is 5.88 Å². The van der Waals surface area contributed by atoms with E-state index in [4.69, 9.17) is 42.1 Å². The lowest BCUT2D eigenvalue weighted by atomic mass is 9.80. The third kappa shape index (κ3) is 10.1. The molecule has 5 atom stereocenters. The van der Waals surface area contributed by atoms with Crippen molar-refractivity contribution in [1.82, 2.24) is 19.2 Å². The van der Waals surface area contributed by atoms with E-state index in [0.717, 1.165) is 52.0 Å². The van der Waals surface area contributed by atoms with Gasteiger partial charge in [-0.1, -0.05) is 75.4 Å². The van der Waals surface area contributed by atoms with Crippen LogP contribution in [0.4, 0.5) is 0 Å². The van der Waals surface area contributed by atoms with Crippen LogP contribution in [0, 0.1) is 11.3 Å². The number of aryl methyl sites for hydroxylation is 1. The van der Waals surface area contributed by atoms with Crippen LogP contribution in [-0.2, 0) is 35.0 Å². The molecule has 0 spiro atoms. The first kappa shape index (κ1) is 48.5. The van der Waals surface area contributed by atoms with Crippen LogP contribution in [0.3, 0.4) is 0 Å². The highest BCUT2D eigenvalue weighted by molar-refractivity contribution is 7.44. The largest absolute Gasteiger partial charge is 0.497 e. The second-order valence-corrected chi connectivity index (χ2v) is 24.9. The van der Waals surface area contributed by atoms with E-state index in [1.54, 1.807) is 20.5 Å². The van der Waals surface area contributed by atoms with Crippen LogP contribution in [-0.4, -0.2) is 92.0 Å². The monoisotopic (exact) mass is 923 g/mol. The molecule has 0 radical (unpaired) electrons. The molecule has 348 valence electrons. The van der Waals surface area contributed by atoms with Crippen molar-refractivity contribution in [1.29, 1.82) is 5.26 Å². The van der Waals surface area contributed by atoms with E-state index < -0.39 is 47.0 Å². The molecule has 7 rings (SSSR count). The number of aromatic nitrogens is 3.